The summed E-state index contributed by atoms with van der Waals surface area (Å²) in [6.07, 6.45) is 5.80. The maximum absolute atomic E-state index is 12.9. The Kier molecular flexibility index (Phi) is 6.72. The molecule has 9 heteroatoms. The van der Waals surface area contributed by atoms with Crippen LogP contribution in [0, 0.1) is 0 Å². The second kappa shape index (κ2) is 9.86. The lowest BCUT2D eigenvalue weighted by Crippen LogP contribution is -2.35. The van der Waals surface area contributed by atoms with Gasteiger partial charge in [-0.05, 0) is 56.5 Å². The molecule has 0 fully saturated rings. The number of hydrogen-bond acceptors (Lipinski definition) is 8. The molecule has 0 spiro atoms. The van der Waals surface area contributed by atoms with Crippen LogP contribution in [-0.2, 0) is 22.5 Å². The van der Waals surface area contributed by atoms with E-state index in [9.17, 15) is 9.59 Å². The number of anilines is 3. The summed E-state index contributed by atoms with van der Waals surface area (Å²) in [5.74, 6) is -0.0893. The van der Waals surface area contributed by atoms with Gasteiger partial charge in [0.25, 0.3) is 5.91 Å². The van der Waals surface area contributed by atoms with Crippen molar-refractivity contribution < 1.29 is 14.3 Å². The molecule has 3 heterocycles. The average Bonchev–Trinajstić information content (AvgIpc) is 3.25. The van der Waals surface area contributed by atoms with Crippen LogP contribution in [0.5, 0.6) is 0 Å². The molecular formula is C25H28N6O3. The lowest BCUT2D eigenvalue weighted by atomic mass is 10.2. The third-order valence-corrected chi connectivity index (χ3v) is 5.17. The van der Waals surface area contributed by atoms with Gasteiger partial charge in [-0.15, -0.1) is 0 Å². The zero-order chi connectivity index (χ0) is 24.1. The normalized spacial score (nSPS) is 12.7. The Morgan fingerprint density at radius 2 is 1.88 bits per heavy atom. The number of fused-ring (bicyclic) bond motifs is 1. The molecule has 0 unspecified atom stereocenters. The van der Waals surface area contributed by atoms with Crippen LogP contribution in [0.1, 0.15) is 42.3 Å². The van der Waals surface area contributed by atoms with Gasteiger partial charge < -0.3 is 20.3 Å². The first-order valence-corrected chi connectivity index (χ1v) is 11.2. The lowest BCUT2D eigenvalue weighted by molar-refractivity contribution is -0.153. The van der Waals surface area contributed by atoms with Crippen molar-refractivity contribution in [3.8, 4) is 0 Å². The molecular weight excluding hydrogens is 432 g/mol. The average molecular weight is 461 g/mol. The van der Waals surface area contributed by atoms with Gasteiger partial charge in [-0.25, -0.2) is 4.98 Å². The molecule has 1 amide bonds. The fraction of sp³-hybridized carbons (Fsp3) is 0.320. The minimum atomic E-state index is -0.629. The Bertz CT molecular complexity index is 1180. The standard InChI is InChI=1S/C25H28N6O3/c1-25(2,3)34-21(32)16-28-23(33)19-15-29-24(31-13-10-18-6-4-5-7-20(18)31)30-22(19)27-14-17-8-11-26-12-9-17/h4-9,11-12,15H,10,13-14,16H2,1-3H3,(H,28,33)(H,27,29,30). The molecule has 0 radical (unpaired) electrons. The van der Waals surface area contributed by atoms with Gasteiger partial charge >= 0.3 is 5.97 Å². The molecule has 1 aliphatic rings. The zero-order valence-corrected chi connectivity index (χ0v) is 19.5. The van der Waals surface area contributed by atoms with Crippen LogP contribution in [0.15, 0.2) is 55.0 Å². The van der Waals surface area contributed by atoms with E-state index in [4.69, 9.17) is 4.74 Å². The number of amides is 1. The van der Waals surface area contributed by atoms with E-state index in [0.29, 0.717) is 18.3 Å². The second-order valence-electron chi connectivity index (χ2n) is 8.94. The number of nitrogens with one attached hydrogen (secondary N) is 2. The first-order chi connectivity index (χ1) is 16.3. The highest BCUT2D eigenvalue weighted by atomic mass is 16.6. The van der Waals surface area contributed by atoms with Gasteiger partial charge in [0.1, 0.15) is 23.5 Å². The van der Waals surface area contributed by atoms with Crippen molar-refractivity contribution in [2.75, 3.05) is 23.3 Å². The summed E-state index contributed by atoms with van der Waals surface area (Å²) < 4.78 is 5.27. The molecule has 176 valence electrons. The van der Waals surface area contributed by atoms with Crippen molar-refractivity contribution in [3.63, 3.8) is 0 Å². The second-order valence-corrected chi connectivity index (χ2v) is 8.94. The number of para-hydroxylation sites is 1. The Hall–Kier alpha value is -4.01. The predicted molar refractivity (Wildman–Crippen MR) is 129 cm³/mol. The number of nitrogens with zero attached hydrogens (tertiary/aromatic N) is 4. The Morgan fingerprint density at radius 1 is 1.12 bits per heavy atom. The number of ether oxygens (including phenoxy) is 1. The highest BCUT2D eigenvalue weighted by Crippen LogP contribution is 2.33. The number of carbonyl (C=O) groups is 2. The van der Waals surface area contributed by atoms with E-state index in [2.05, 4.69) is 31.7 Å². The third kappa shape index (κ3) is 5.67. The van der Waals surface area contributed by atoms with Crippen LogP contribution in [-0.4, -0.2) is 45.5 Å². The van der Waals surface area contributed by atoms with Crippen molar-refractivity contribution in [3.05, 3.63) is 71.7 Å². The lowest BCUT2D eigenvalue weighted by Gasteiger charge is -2.20. The van der Waals surface area contributed by atoms with Gasteiger partial charge in [0.05, 0.1) is 0 Å². The van der Waals surface area contributed by atoms with Crippen LogP contribution in [0.4, 0.5) is 17.5 Å². The van der Waals surface area contributed by atoms with Crippen molar-refractivity contribution in [2.24, 2.45) is 0 Å². The highest BCUT2D eigenvalue weighted by Gasteiger charge is 2.24. The summed E-state index contributed by atoms with van der Waals surface area (Å²) in [6.45, 7) is 6.28. The summed E-state index contributed by atoms with van der Waals surface area (Å²) >= 11 is 0. The summed E-state index contributed by atoms with van der Waals surface area (Å²) in [5.41, 5.74) is 2.90. The molecule has 1 aliphatic heterocycles. The quantitative estimate of drug-likeness (QED) is 0.517. The van der Waals surface area contributed by atoms with E-state index >= 15 is 0 Å². The van der Waals surface area contributed by atoms with E-state index in [1.807, 2.05) is 35.2 Å². The van der Waals surface area contributed by atoms with Crippen LogP contribution in [0.3, 0.4) is 0 Å². The minimum absolute atomic E-state index is 0.244. The van der Waals surface area contributed by atoms with Crippen molar-refractivity contribution in [1.29, 1.82) is 0 Å². The number of rotatable bonds is 7. The maximum atomic E-state index is 12.9. The molecule has 1 aromatic carbocycles. The molecule has 9 nitrogen and oxygen atoms in total. The third-order valence-electron chi connectivity index (χ3n) is 5.17. The molecule has 34 heavy (non-hydrogen) atoms. The highest BCUT2D eigenvalue weighted by molar-refractivity contribution is 6.00. The number of benzene rings is 1. The molecule has 0 bridgehead atoms. The van der Waals surface area contributed by atoms with Gasteiger partial charge in [-0.2, -0.15) is 4.98 Å². The van der Waals surface area contributed by atoms with Gasteiger partial charge in [-0.3, -0.25) is 14.6 Å². The molecule has 4 rings (SSSR count). The summed E-state index contributed by atoms with van der Waals surface area (Å²) in [6, 6.07) is 11.9. The molecule has 3 aromatic rings. The van der Waals surface area contributed by atoms with Crippen LogP contribution in [0.2, 0.25) is 0 Å². The number of pyridine rings is 1. The molecule has 0 aliphatic carbocycles. The zero-order valence-electron chi connectivity index (χ0n) is 19.5. The van der Waals surface area contributed by atoms with Gasteiger partial charge in [0, 0.05) is 37.4 Å². The number of aromatic nitrogens is 3. The van der Waals surface area contributed by atoms with Gasteiger partial charge in [0.15, 0.2) is 0 Å². The largest absolute Gasteiger partial charge is 0.459 e. The molecule has 2 aromatic heterocycles. The maximum Gasteiger partial charge on any atom is 0.325 e. The van der Waals surface area contributed by atoms with E-state index in [1.54, 1.807) is 33.2 Å². The van der Waals surface area contributed by atoms with Crippen molar-refractivity contribution in [2.45, 2.75) is 39.3 Å². The smallest absolute Gasteiger partial charge is 0.325 e. The predicted octanol–water partition coefficient (Wildman–Crippen LogP) is 3.25. The fourth-order valence-corrected chi connectivity index (χ4v) is 3.66. The molecule has 2 N–H and O–H groups in total. The molecule has 0 atom stereocenters. The van der Waals surface area contributed by atoms with Crippen molar-refractivity contribution >= 4 is 29.3 Å². The van der Waals surface area contributed by atoms with Gasteiger partial charge in [-0.1, -0.05) is 18.2 Å². The monoisotopic (exact) mass is 460 g/mol. The SMILES string of the molecule is CC(C)(C)OC(=O)CNC(=O)c1cnc(N2CCc3ccccc32)nc1NCc1ccncc1. The van der Waals surface area contributed by atoms with Crippen LogP contribution >= 0.6 is 0 Å². The summed E-state index contributed by atoms with van der Waals surface area (Å²) in [4.78, 5) is 40.2. The Morgan fingerprint density at radius 3 is 2.65 bits per heavy atom. The summed E-state index contributed by atoms with van der Waals surface area (Å²) in [5, 5.41) is 5.85. The topological polar surface area (TPSA) is 109 Å². The number of esters is 1. The van der Waals surface area contributed by atoms with Crippen LogP contribution < -0.4 is 15.5 Å². The first-order valence-electron chi connectivity index (χ1n) is 11.2. The molecule has 0 saturated heterocycles. The number of carbonyl (C=O) groups excluding carboxylic acids is 2. The van der Waals surface area contributed by atoms with Crippen molar-refractivity contribution in [1.82, 2.24) is 20.3 Å². The Labute approximate surface area is 198 Å². The van der Waals surface area contributed by atoms with E-state index in [-0.39, 0.29) is 12.1 Å². The first kappa shape index (κ1) is 23.2. The van der Waals surface area contributed by atoms with E-state index in [0.717, 1.165) is 24.2 Å². The van der Waals surface area contributed by atoms with Gasteiger partial charge in [0.2, 0.25) is 5.95 Å². The fourth-order valence-electron chi connectivity index (χ4n) is 3.66. The number of hydrogen-bond donors (Lipinski definition) is 2. The summed E-state index contributed by atoms with van der Waals surface area (Å²) in [7, 11) is 0. The van der Waals surface area contributed by atoms with E-state index < -0.39 is 17.5 Å². The Balaban J connectivity index is 1.56. The minimum Gasteiger partial charge on any atom is -0.459 e. The van der Waals surface area contributed by atoms with E-state index in [1.165, 1.54) is 11.8 Å². The van der Waals surface area contributed by atoms with Crippen LogP contribution in [0.25, 0.3) is 0 Å². The molecule has 0 saturated carbocycles.